The van der Waals surface area contributed by atoms with E-state index in [9.17, 15) is 4.79 Å². The third kappa shape index (κ3) is 5.51. The van der Waals surface area contributed by atoms with E-state index in [-0.39, 0.29) is 5.56 Å². The highest BCUT2D eigenvalue weighted by Gasteiger charge is 2.12. The second-order valence-electron chi connectivity index (χ2n) is 9.19. The van der Waals surface area contributed by atoms with Crippen LogP contribution in [0, 0.1) is 13.8 Å². The SMILES string of the molecule is COc1ccccc1-c1nc(Cl)c2ccc(C)cc2n1.COc1ccccc1-c1nc2cc(C)ccc2c(=O)[nH]1. The Balaban J connectivity index is 0.000000161. The van der Waals surface area contributed by atoms with E-state index in [1.165, 1.54) is 0 Å². The summed E-state index contributed by atoms with van der Waals surface area (Å²) >= 11 is 6.27. The van der Waals surface area contributed by atoms with Crippen molar-refractivity contribution in [1.29, 1.82) is 0 Å². The van der Waals surface area contributed by atoms with Crippen LogP contribution in [0.3, 0.4) is 0 Å². The Morgan fingerprint density at radius 1 is 0.675 bits per heavy atom. The number of aromatic amines is 1. The summed E-state index contributed by atoms with van der Waals surface area (Å²) in [6.07, 6.45) is 0. The number of nitrogens with one attached hydrogen (secondary N) is 1. The van der Waals surface area contributed by atoms with Gasteiger partial charge in [-0.25, -0.2) is 15.0 Å². The fourth-order valence-electron chi connectivity index (χ4n) is 4.37. The molecule has 6 rings (SSSR count). The minimum Gasteiger partial charge on any atom is -0.496 e. The van der Waals surface area contributed by atoms with Crippen LogP contribution in [0.5, 0.6) is 11.5 Å². The van der Waals surface area contributed by atoms with Crippen LogP contribution in [0.25, 0.3) is 44.6 Å². The van der Waals surface area contributed by atoms with Crippen molar-refractivity contribution in [3.8, 4) is 34.3 Å². The zero-order chi connectivity index (χ0) is 28.2. The van der Waals surface area contributed by atoms with Gasteiger partial charge in [0, 0.05) is 5.39 Å². The highest BCUT2D eigenvalue weighted by atomic mass is 35.5. The Labute approximate surface area is 236 Å². The zero-order valence-electron chi connectivity index (χ0n) is 22.5. The van der Waals surface area contributed by atoms with E-state index in [0.717, 1.165) is 38.9 Å². The fourth-order valence-corrected chi connectivity index (χ4v) is 4.61. The molecule has 0 saturated heterocycles. The standard InChI is InChI=1S/C16H13ClN2O.C16H14N2O2/c1-10-7-8-11-13(9-10)18-16(19-15(11)17)12-5-3-4-6-14(12)20-2;1-10-7-8-11-13(9-10)17-15(18-16(11)19)12-5-3-4-6-14(12)20-2/h3-9H,1-2H3;3-9H,1-2H3,(H,17,18,19). The quantitative estimate of drug-likeness (QED) is 0.234. The van der Waals surface area contributed by atoms with Gasteiger partial charge in [0.1, 0.15) is 22.5 Å². The molecule has 40 heavy (non-hydrogen) atoms. The van der Waals surface area contributed by atoms with E-state index in [1.54, 1.807) is 20.3 Å². The van der Waals surface area contributed by atoms with Crippen LogP contribution in [0.15, 0.2) is 89.7 Å². The molecule has 0 fully saturated rings. The molecule has 0 amide bonds. The molecule has 0 saturated carbocycles. The third-order valence-corrected chi connectivity index (χ3v) is 6.67. The van der Waals surface area contributed by atoms with Gasteiger partial charge in [0.15, 0.2) is 5.82 Å². The highest BCUT2D eigenvalue weighted by molar-refractivity contribution is 6.34. The van der Waals surface area contributed by atoms with Gasteiger partial charge >= 0.3 is 0 Å². The maximum Gasteiger partial charge on any atom is 0.259 e. The molecular formula is C32H27ClN4O3. The molecule has 4 aromatic carbocycles. The van der Waals surface area contributed by atoms with Crippen molar-refractivity contribution >= 4 is 33.4 Å². The largest absolute Gasteiger partial charge is 0.496 e. The summed E-state index contributed by atoms with van der Waals surface area (Å²) in [6, 6.07) is 26.7. The van der Waals surface area contributed by atoms with Crippen LogP contribution in [-0.2, 0) is 0 Å². The van der Waals surface area contributed by atoms with Crippen molar-refractivity contribution in [2.75, 3.05) is 14.2 Å². The number of aromatic nitrogens is 4. The number of benzene rings is 4. The number of aryl methyl sites for hydroxylation is 2. The predicted molar refractivity (Wildman–Crippen MR) is 160 cm³/mol. The normalized spacial score (nSPS) is 10.7. The Morgan fingerprint density at radius 2 is 1.23 bits per heavy atom. The molecule has 2 aromatic heterocycles. The Hall–Kier alpha value is -4.75. The van der Waals surface area contributed by atoms with E-state index >= 15 is 0 Å². The first-order valence-corrected chi connectivity index (χ1v) is 13.0. The summed E-state index contributed by atoms with van der Waals surface area (Å²) in [7, 11) is 3.23. The molecule has 0 atom stereocenters. The van der Waals surface area contributed by atoms with E-state index in [2.05, 4.69) is 19.9 Å². The third-order valence-electron chi connectivity index (χ3n) is 6.38. The minimum atomic E-state index is -0.143. The lowest BCUT2D eigenvalue weighted by molar-refractivity contribution is 0.416. The average Bonchev–Trinajstić information content (AvgIpc) is 2.96. The van der Waals surface area contributed by atoms with E-state index < -0.39 is 0 Å². The molecule has 7 nitrogen and oxygen atoms in total. The average molecular weight is 551 g/mol. The van der Waals surface area contributed by atoms with Crippen LogP contribution >= 0.6 is 11.6 Å². The zero-order valence-corrected chi connectivity index (χ0v) is 23.3. The number of H-pyrrole nitrogens is 1. The molecule has 0 unspecified atom stereocenters. The lowest BCUT2D eigenvalue weighted by atomic mass is 10.1. The maximum absolute atomic E-state index is 12.1. The molecule has 2 heterocycles. The second-order valence-corrected chi connectivity index (χ2v) is 9.55. The van der Waals surface area contributed by atoms with Crippen LogP contribution in [0.2, 0.25) is 5.15 Å². The Bertz CT molecular complexity index is 1900. The first kappa shape index (κ1) is 26.8. The highest BCUT2D eigenvalue weighted by Crippen LogP contribution is 2.31. The van der Waals surface area contributed by atoms with Gasteiger partial charge in [-0.1, -0.05) is 48.0 Å². The van der Waals surface area contributed by atoms with Crippen molar-refractivity contribution in [3.63, 3.8) is 0 Å². The van der Waals surface area contributed by atoms with Crippen LogP contribution in [0.4, 0.5) is 0 Å². The fraction of sp³-hybridized carbons (Fsp3) is 0.125. The van der Waals surface area contributed by atoms with Gasteiger partial charge in [-0.2, -0.15) is 0 Å². The molecule has 8 heteroatoms. The van der Waals surface area contributed by atoms with Crippen molar-refractivity contribution in [3.05, 3.63) is 112 Å². The number of hydrogen-bond acceptors (Lipinski definition) is 6. The van der Waals surface area contributed by atoms with Crippen LogP contribution in [0.1, 0.15) is 11.1 Å². The van der Waals surface area contributed by atoms with E-state index in [0.29, 0.717) is 33.5 Å². The first-order valence-electron chi connectivity index (χ1n) is 12.6. The lowest BCUT2D eigenvalue weighted by Crippen LogP contribution is -2.10. The Morgan fingerprint density at radius 3 is 1.88 bits per heavy atom. The number of nitrogens with zero attached hydrogens (tertiary/aromatic N) is 3. The monoisotopic (exact) mass is 550 g/mol. The molecule has 200 valence electrons. The summed E-state index contributed by atoms with van der Waals surface area (Å²) < 4.78 is 10.7. The van der Waals surface area contributed by atoms with Gasteiger partial charge < -0.3 is 14.5 Å². The van der Waals surface area contributed by atoms with Gasteiger partial charge in [-0.05, 0) is 73.5 Å². The van der Waals surface area contributed by atoms with Crippen molar-refractivity contribution in [2.24, 2.45) is 0 Å². The second kappa shape index (κ2) is 11.6. The lowest BCUT2D eigenvalue weighted by Gasteiger charge is -2.09. The number of para-hydroxylation sites is 2. The molecular weight excluding hydrogens is 524 g/mol. The number of hydrogen-bond donors (Lipinski definition) is 1. The molecule has 6 aromatic rings. The Kier molecular flexibility index (Phi) is 7.75. The molecule has 0 spiro atoms. The first-order chi connectivity index (χ1) is 19.4. The topological polar surface area (TPSA) is 90.0 Å². The number of halogens is 1. The van der Waals surface area contributed by atoms with E-state index in [4.69, 9.17) is 21.1 Å². The number of methoxy groups -OCH3 is 2. The molecule has 0 aliphatic heterocycles. The molecule has 1 N–H and O–H groups in total. The van der Waals surface area contributed by atoms with Gasteiger partial charge in [0.25, 0.3) is 5.56 Å². The maximum atomic E-state index is 12.1. The summed E-state index contributed by atoms with van der Waals surface area (Å²) in [5, 5.41) is 1.90. The molecule has 0 aliphatic rings. The minimum absolute atomic E-state index is 0.143. The van der Waals surface area contributed by atoms with Gasteiger partial charge in [0.05, 0.1) is 41.8 Å². The number of ether oxygens (including phenoxy) is 2. The van der Waals surface area contributed by atoms with Crippen LogP contribution in [-0.4, -0.2) is 34.2 Å². The van der Waals surface area contributed by atoms with Crippen LogP contribution < -0.4 is 15.0 Å². The summed E-state index contributed by atoms with van der Waals surface area (Å²) in [5.41, 5.74) is 5.20. The van der Waals surface area contributed by atoms with Gasteiger partial charge in [0.2, 0.25) is 0 Å². The van der Waals surface area contributed by atoms with Gasteiger partial charge in [-0.3, -0.25) is 4.79 Å². The predicted octanol–water partition coefficient (Wildman–Crippen LogP) is 7.17. The number of rotatable bonds is 4. The molecule has 0 aliphatic carbocycles. The van der Waals surface area contributed by atoms with Crippen molar-refractivity contribution in [2.45, 2.75) is 13.8 Å². The summed E-state index contributed by atoms with van der Waals surface area (Å²) in [5.74, 6) is 2.51. The smallest absolute Gasteiger partial charge is 0.259 e. The van der Waals surface area contributed by atoms with Gasteiger partial charge in [-0.15, -0.1) is 0 Å². The molecule has 0 bridgehead atoms. The van der Waals surface area contributed by atoms with E-state index in [1.807, 2.05) is 92.7 Å². The summed E-state index contributed by atoms with van der Waals surface area (Å²) in [6.45, 7) is 4.00. The molecule has 0 radical (unpaired) electrons. The van der Waals surface area contributed by atoms with Crippen molar-refractivity contribution < 1.29 is 9.47 Å². The summed E-state index contributed by atoms with van der Waals surface area (Å²) in [4.78, 5) is 28.5. The van der Waals surface area contributed by atoms with Crippen molar-refractivity contribution in [1.82, 2.24) is 19.9 Å². The number of fused-ring (bicyclic) bond motifs is 2.